The minimum absolute atomic E-state index is 0.901. The Balaban J connectivity index is 2.97. The van der Waals surface area contributed by atoms with Crippen LogP contribution in [0, 0.1) is 5.92 Å². The first kappa shape index (κ1) is 12.8. The average molecular weight is 253 g/mol. The van der Waals surface area contributed by atoms with Crippen molar-refractivity contribution in [3.8, 4) is 0 Å². The number of hydrogen-bond acceptors (Lipinski definition) is 1. The van der Waals surface area contributed by atoms with Crippen LogP contribution in [-0.2, 0) is 0 Å². The number of unbranched alkanes of at least 4 members (excludes halogenated alkanes) is 1. The van der Waals surface area contributed by atoms with Crippen LogP contribution in [0.3, 0.4) is 0 Å². The number of alkyl halides is 1. The molecule has 1 atom stereocenters. The predicted molar refractivity (Wildman–Crippen MR) is 64.4 cm³/mol. The second kappa shape index (κ2) is 9.91. The van der Waals surface area contributed by atoms with Gasteiger partial charge in [0.15, 0.2) is 0 Å². The zero-order chi connectivity index (χ0) is 9.23. The van der Waals surface area contributed by atoms with E-state index in [2.05, 4.69) is 41.5 Å². The van der Waals surface area contributed by atoms with Gasteiger partial charge < -0.3 is 0 Å². The smallest absolute Gasteiger partial charge is 0.00338 e. The molecule has 0 saturated carbocycles. The predicted octanol–water partition coefficient (Wildman–Crippen LogP) is 4.33. The topological polar surface area (TPSA) is 0 Å². The van der Waals surface area contributed by atoms with Crippen molar-refractivity contribution in [3.63, 3.8) is 0 Å². The molecule has 0 fully saturated rings. The summed E-state index contributed by atoms with van der Waals surface area (Å²) < 4.78 is 0. The minimum atomic E-state index is 0.901. The van der Waals surface area contributed by atoms with E-state index >= 15 is 0 Å². The van der Waals surface area contributed by atoms with Crippen LogP contribution in [0.5, 0.6) is 0 Å². The molecule has 0 amide bonds. The Morgan fingerprint density at radius 3 is 2.58 bits per heavy atom. The Labute approximate surface area is 90.0 Å². The van der Waals surface area contributed by atoms with E-state index in [4.69, 9.17) is 0 Å². The molecule has 2 heteroatoms. The lowest BCUT2D eigenvalue weighted by molar-refractivity contribution is 0.555. The number of hydrogen-bond donors (Lipinski definition) is 0. The summed E-state index contributed by atoms with van der Waals surface area (Å²) in [5, 5.41) is 1.16. The Hall–Kier alpha value is 0.830. The molecule has 0 bridgehead atoms. The molecule has 0 saturated heterocycles. The highest BCUT2D eigenvalue weighted by Crippen LogP contribution is 2.14. The van der Waals surface area contributed by atoms with Crippen molar-refractivity contribution in [1.82, 2.24) is 0 Å². The van der Waals surface area contributed by atoms with Gasteiger partial charge in [0.1, 0.15) is 0 Å². The van der Waals surface area contributed by atoms with Crippen molar-refractivity contribution in [1.29, 1.82) is 0 Å². The molecule has 0 aromatic heterocycles. The van der Waals surface area contributed by atoms with Crippen LogP contribution in [0.4, 0.5) is 0 Å². The van der Waals surface area contributed by atoms with Crippen LogP contribution >= 0.6 is 27.7 Å². The normalized spacial score (nSPS) is 13.2. The van der Waals surface area contributed by atoms with Crippen molar-refractivity contribution in [2.75, 3.05) is 16.8 Å². The van der Waals surface area contributed by atoms with Gasteiger partial charge in [-0.05, 0) is 36.7 Å². The monoisotopic (exact) mass is 252 g/mol. The van der Waals surface area contributed by atoms with Gasteiger partial charge in [-0.15, -0.1) is 0 Å². The molecule has 1 unspecified atom stereocenters. The van der Waals surface area contributed by atoms with E-state index in [1.807, 2.05) is 0 Å². The lowest BCUT2D eigenvalue weighted by Crippen LogP contribution is -1.97. The zero-order valence-corrected chi connectivity index (χ0v) is 10.7. The highest BCUT2D eigenvalue weighted by atomic mass is 79.9. The summed E-state index contributed by atoms with van der Waals surface area (Å²) in [5.41, 5.74) is 0. The van der Waals surface area contributed by atoms with Gasteiger partial charge in [-0.1, -0.05) is 36.2 Å². The summed E-state index contributed by atoms with van der Waals surface area (Å²) in [5.74, 6) is 3.62. The van der Waals surface area contributed by atoms with E-state index in [1.165, 1.54) is 37.2 Å². The van der Waals surface area contributed by atoms with Crippen LogP contribution in [0.15, 0.2) is 0 Å². The molecule has 0 aromatic rings. The maximum atomic E-state index is 3.48. The molecule has 0 spiro atoms. The second-order valence-electron chi connectivity index (χ2n) is 3.34. The molecule has 0 aliphatic rings. The molecule has 74 valence electrons. The lowest BCUT2D eigenvalue weighted by Gasteiger charge is -2.08. The SMILES string of the molecule is CCCCSCCC(C)CCBr. The van der Waals surface area contributed by atoms with E-state index in [0.717, 1.165) is 11.2 Å². The maximum absolute atomic E-state index is 3.48. The van der Waals surface area contributed by atoms with Gasteiger partial charge >= 0.3 is 0 Å². The Morgan fingerprint density at radius 2 is 2.00 bits per heavy atom. The van der Waals surface area contributed by atoms with E-state index in [1.54, 1.807) is 0 Å². The summed E-state index contributed by atoms with van der Waals surface area (Å²) in [6.07, 6.45) is 5.44. The number of rotatable bonds is 8. The zero-order valence-electron chi connectivity index (χ0n) is 8.31. The molecule has 0 radical (unpaired) electrons. The molecule has 0 rings (SSSR count). The van der Waals surface area contributed by atoms with Crippen molar-refractivity contribution in [2.24, 2.45) is 5.92 Å². The van der Waals surface area contributed by atoms with Gasteiger partial charge in [-0.25, -0.2) is 0 Å². The molecule has 0 aromatic carbocycles. The van der Waals surface area contributed by atoms with E-state index in [0.29, 0.717) is 0 Å². The third-order valence-corrected chi connectivity index (χ3v) is 3.56. The van der Waals surface area contributed by atoms with Crippen LogP contribution in [0.25, 0.3) is 0 Å². The summed E-state index contributed by atoms with van der Waals surface area (Å²) in [4.78, 5) is 0. The standard InChI is InChI=1S/C10H21BrS/c1-3-4-8-12-9-6-10(2)5-7-11/h10H,3-9H2,1-2H3. The largest absolute Gasteiger partial charge is 0.162 e. The second-order valence-corrected chi connectivity index (χ2v) is 5.36. The molecule has 0 N–H and O–H groups in total. The highest BCUT2D eigenvalue weighted by molar-refractivity contribution is 9.09. The molecular formula is C10H21BrS. The minimum Gasteiger partial charge on any atom is -0.162 e. The van der Waals surface area contributed by atoms with Gasteiger partial charge in [-0.2, -0.15) is 11.8 Å². The first-order valence-corrected chi connectivity index (χ1v) is 7.22. The van der Waals surface area contributed by atoms with Gasteiger partial charge in [0.25, 0.3) is 0 Å². The van der Waals surface area contributed by atoms with E-state index < -0.39 is 0 Å². The van der Waals surface area contributed by atoms with E-state index in [9.17, 15) is 0 Å². The Morgan fingerprint density at radius 1 is 1.25 bits per heavy atom. The molecule has 12 heavy (non-hydrogen) atoms. The molecular weight excluding hydrogens is 232 g/mol. The number of halogens is 1. The Kier molecular flexibility index (Phi) is 10.6. The first-order chi connectivity index (χ1) is 5.81. The van der Waals surface area contributed by atoms with Crippen molar-refractivity contribution in [3.05, 3.63) is 0 Å². The van der Waals surface area contributed by atoms with Gasteiger partial charge in [0, 0.05) is 5.33 Å². The third-order valence-electron chi connectivity index (χ3n) is 2.00. The highest BCUT2D eigenvalue weighted by Gasteiger charge is 1.99. The lowest BCUT2D eigenvalue weighted by atomic mass is 10.1. The van der Waals surface area contributed by atoms with Crippen molar-refractivity contribution >= 4 is 27.7 Å². The van der Waals surface area contributed by atoms with Crippen LogP contribution in [0.1, 0.15) is 39.5 Å². The van der Waals surface area contributed by atoms with Crippen LogP contribution in [-0.4, -0.2) is 16.8 Å². The van der Waals surface area contributed by atoms with Crippen LogP contribution in [0.2, 0.25) is 0 Å². The maximum Gasteiger partial charge on any atom is 0.00338 e. The quantitative estimate of drug-likeness (QED) is 0.458. The molecule has 0 aliphatic heterocycles. The van der Waals surface area contributed by atoms with Gasteiger partial charge in [0.05, 0.1) is 0 Å². The van der Waals surface area contributed by atoms with Gasteiger partial charge in [-0.3, -0.25) is 0 Å². The number of thioether (sulfide) groups is 1. The summed E-state index contributed by atoms with van der Waals surface area (Å²) >= 11 is 5.59. The summed E-state index contributed by atoms with van der Waals surface area (Å²) in [7, 11) is 0. The fourth-order valence-electron chi connectivity index (χ4n) is 0.964. The van der Waals surface area contributed by atoms with Crippen molar-refractivity contribution < 1.29 is 0 Å². The van der Waals surface area contributed by atoms with Gasteiger partial charge in [0.2, 0.25) is 0 Å². The summed E-state index contributed by atoms with van der Waals surface area (Å²) in [6, 6.07) is 0. The fraction of sp³-hybridized carbons (Fsp3) is 1.00. The molecule has 0 aliphatic carbocycles. The Bertz CT molecular complexity index is 85.9. The van der Waals surface area contributed by atoms with Crippen molar-refractivity contribution in [2.45, 2.75) is 39.5 Å². The molecule has 0 heterocycles. The van der Waals surface area contributed by atoms with Crippen LogP contribution < -0.4 is 0 Å². The van der Waals surface area contributed by atoms with E-state index in [-0.39, 0.29) is 0 Å². The molecule has 0 nitrogen and oxygen atoms in total. The third kappa shape index (κ3) is 8.92. The summed E-state index contributed by atoms with van der Waals surface area (Å²) in [6.45, 7) is 4.61. The average Bonchev–Trinajstić information content (AvgIpc) is 2.05. The fourth-order valence-corrected chi connectivity index (χ4v) is 3.01. The first-order valence-electron chi connectivity index (χ1n) is 4.95.